The Morgan fingerprint density at radius 1 is 1.36 bits per heavy atom. The van der Waals surface area contributed by atoms with E-state index >= 15 is 0 Å². The fourth-order valence-corrected chi connectivity index (χ4v) is 1.63. The second kappa shape index (κ2) is 3.72. The molecule has 0 atom stereocenters. The standard InChI is InChI=1S/C11H14N2O/c1-12-6-8-13-7-5-9-10(13)3-2-4-11(9)14/h2-5,7,12,14H,6,8H2,1H3. The Hall–Kier alpha value is -1.48. The van der Waals surface area contributed by atoms with Crippen molar-refractivity contribution in [3.63, 3.8) is 0 Å². The van der Waals surface area contributed by atoms with E-state index < -0.39 is 0 Å². The van der Waals surface area contributed by atoms with Gasteiger partial charge in [-0.3, -0.25) is 0 Å². The summed E-state index contributed by atoms with van der Waals surface area (Å²) in [6.45, 7) is 1.85. The third kappa shape index (κ3) is 1.46. The summed E-state index contributed by atoms with van der Waals surface area (Å²) in [5, 5.41) is 13.6. The molecule has 1 heterocycles. The van der Waals surface area contributed by atoms with E-state index in [0.717, 1.165) is 24.0 Å². The van der Waals surface area contributed by atoms with Gasteiger partial charge in [0, 0.05) is 24.7 Å². The molecule has 14 heavy (non-hydrogen) atoms. The first-order chi connectivity index (χ1) is 6.83. The number of hydrogen-bond acceptors (Lipinski definition) is 2. The molecule has 0 saturated carbocycles. The maximum absolute atomic E-state index is 9.58. The summed E-state index contributed by atoms with van der Waals surface area (Å²) in [7, 11) is 1.93. The van der Waals surface area contributed by atoms with Crippen molar-refractivity contribution in [2.75, 3.05) is 13.6 Å². The van der Waals surface area contributed by atoms with E-state index in [-0.39, 0.29) is 0 Å². The van der Waals surface area contributed by atoms with Gasteiger partial charge in [0.25, 0.3) is 0 Å². The molecule has 3 heteroatoms. The number of phenolic OH excluding ortho intramolecular Hbond substituents is 1. The molecular weight excluding hydrogens is 176 g/mol. The van der Waals surface area contributed by atoms with Gasteiger partial charge >= 0.3 is 0 Å². The Labute approximate surface area is 83.0 Å². The molecule has 1 aromatic carbocycles. The predicted molar refractivity (Wildman–Crippen MR) is 57.5 cm³/mol. The minimum atomic E-state index is 0.353. The van der Waals surface area contributed by atoms with Crippen molar-refractivity contribution in [3.8, 4) is 5.75 Å². The molecule has 1 aromatic heterocycles. The number of aromatic hydroxyl groups is 1. The fraction of sp³-hybridized carbons (Fsp3) is 0.273. The van der Waals surface area contributed by atoms with Crippen LogP contribution in [0.3, 0.4) is 0 Å². The zero-order chi connectivity index (χ0) is 9.97. The molecule has 0 unspecified atom stereocenters. The third-order valence-corrected chi connectivity index (χ3v) is 2.39. The minimum absolute atomic E-state index is 0.353. The maximum atomic E-state index is 9.58. The number of likely N-dealkylation sites (N-methyl/N-ethyl adjacent to an activating group) is 1. The zero-order valence-electron chi connectivity index (χ0n) is 8.20. The molecule has 0 aliphatic heterocycles. The quantitative estimate of drug-likeness (QED) is 0.770. The molecule has 0 radical (unpaired) electrons. The van der Waals surface area contributed by atoms with Gasteiger partial charge in [-0.15, -0.1) is 0 Å². The van der Waals surface area contributed by atoms with Crippen molar-refractivity contribution in [2.45, 2.75) is 6.54 Å². The summed E-state index contributed by atoms with van der Waals surface area (Å²) >= 11 is 0. The van der Waals surface area contributed by atoms with E-state index in [4.69, 9.17) is 0 Å². The largest absolute Gasteiger partial charge is 0.507 e. The van der Waals surface area contributed by atoms with Crippen LogP contribution >= 0.6 is 0 Å². The molecule has 0 saturated heterocycles. The van der Waals surface area contributed by atoms with Crippen molar-refractivity contribution in [3.05, 3.63) is 30.5 Å². The van der Waals surface area contributed by atoms with Gasteiger partial charge in [-0.05, 0) is 25.2 Å². The van der Waals surface area contributed by atoms with E-state index in [1.54, 1.807) is 6.07 Å². The lowest BCUT2D eigenvalue weighted by atomic mass is 10.2. The third-order valence-electron chi connectivity index (χ3n) is 2.39. The first kappa shape index (κ1) is 9.09. The van der Waals surface area contributed by atoms with E-state index in [1.165, 1.54) is 0 Å². The van der Waals surface area contributed by atoms with Crippen LogP contribution in [-0.4, -0.2) is 23.3 Å². The topological polar surface area (TPSA) is 37.2 Å². The predicted octanol–water partition coefficient (Wildman–Crippen LogP) is 1.57. The number of phenols is 1. The first-order valence-corrected chi connectivity index (χ1v) is 4.74. The normalized spacial score (nSPS) is 10.9. The molecule has 2 rings (SSSR count). The highest BCUT2D eigenvalue weighted by Crippen LogP contribution is 2.24. The number of benzene rings is 1. The lowest BCUT2D eigenvalue weighted by Gasteiger charge is -2.04. The van der Waals surface area contributed by atoms with Gasteiger partial charge in [0.05, 0.1) is 5.52 Å². The Kier molecular flexibility index (Phi) is 2.41. The van der Waals surface area contributed by atoms with Crippen molar-refractivity contribution in [2.24, 2.45) is 0 Å². The van der Waals surface area contributed by atoms with Crippen LogP contribution in [-0.2, 0) is 6.54 Å². The molecule has 0 aliphatic carbocycles. The average molecular weight is 190 g/mol. The number of hydrogen-bond donors (Lipinski definition) is 2. The summed E-state index contributed by atoms with van der Waals surface area (Å²) in [5.74, 6) is 0.353. The summed E-state index contributed by atoms with van der Waals surface area (Å²) in [6.07, 6.45) is 2.00. The van der Waals surface area contributed by atoms with Crippen LogP contribution in [0.25, 0.3) is 10.9 Å². The molecule has 0 spiro atoms. The lowest BCUT2D eigenvalue weighted by Crippen LogP contribution is -2.14. The molecule has 0 bridgehead atoms. The number of fused-ring (bicyclic) bond motifs is 1. The summed E-state index contributed by atoms with van der Waals surface area (Å²) < 4.78 is 2.13. The Bertz CT molecular complexity index is 434. The molecule has 0 amide bonds. The highest BCUT2D eigenvalue weighted by atomic mass is 16.3. The molecule has 2 aromatic rings. The molecule has 0 aliphatic rings. The average Bonchev–Trinajstić information content (AvgIpc) is 2.60. The van der Waals surface area contributed by atoms with Crippen molar-refractivity contribution < 1.29 is 5.11 Å². The fourth-order valence-electron chi connectivity index (χ4n) is 1.63. The van der Waals surface area contributed by atoms with Gasteiger partial charge in [0.1, 0.15) is 5.75 Å². The molecule has 0 fully saturated rings. The highest BCUT2D eigenvalue weighted by molar-refractivity contribution is 5.86. The van der Waals surface area contributed by atoms with Gasteiger partial charge in [0.15, 0.2) is 0 Å². The van der Waals surface area contributed by atoms with Crippen molar-refractivity contribution >= 4 is 10.9 Å². The monoisotopic (exact) mass is 190 g/mol. The minimum Gasteiger partial charge on any atom is -0.507 e. The Balaban J connectivity index is 2.42. The second-order valence-corrected chi connectivity index (χ2v) is 3.32. The van der Waals surface area contributed by atoms with Crippen LogP contribution in [0.1, 0.15) is 0 Å². The molecule has 3 nitrogen and oxygen atoms in total. The smallest absolute Gasteiger partial charge is 0.124 e. The van der Waals surface area contributed by atoms with Crippen LogP contribution in [0.4, 0.5) is 0 Å². The van der Waals surface area contributed by atoms with Crippen LogP contribution in [0.5, 0.6) is 5.75 Å². The molecule has 74 valence electrons. The number of rotatable bonds is 3. The highest BCUT2D eigenvalue weighted by Gasteiger charge is 2.02. The first-order valence-electron chi connectivity index (χ1n) is 4.74. The van der Waals surface area contributed by atoms with Crippen LogP contribution in [0.15, 0.2) is 30.5 Å². The van der Waals surface area contributed by atoms with Gasteiger partial charge in [-0.1, -0.05) is 6.07 Å². The van der Waals surface area contributed by atoms with E-state index in [2.05, 4.69) is 9.88 Å². The van der Waals surface area contributed by atoms with Gasteiger partial charge in [0.2, 0.25) is 0 Å². The molecule has 2 N–H and O–H groups in total. The van der Waals surface area contributed by atoms with E-state index in [9.17, 15) is 5.11 Å². The Morgan fingerprint density at radius 2 is 2.21 bits per heavy atom. The summed E-state index contributed by atoms with van der Waals surface area (Å²) in [6, 6.07) is 7.54. The SMILES string of the molecule is CNCCn1ccc2c(O)cccc21. The second-order valence-electron chi connectivity index (χ2n) is 3.32. The number of nitrogens with zero attached hydrogens (tertiary/aromatic N) is 1. The van der Waals surface area contributed by atoms with E-state index in [0.29, 0.717) is 5.75 Å². The maximum Gasteiger partial charge on any atom is 0.124 e. The molecular formula is C11H14N2O. The van der Waals surface area contributed by atoms with Crippen molar-refractivity contribution in [1.29, 1.82) is 0 Å². The summed E-state index contributed by atoms with van der Waals surface area (Å²) in [4.78, 5) is 0. The van der Waals surface area contributed by atoms with Gasteiger partial charge in [-0.25, -0.2) is 0 Å². The van der Waals surface area contributed by atoms with Crippen molar-refractivity contribution in [1.82, 2.24) is 9.88 Å². The van der Waals surface area contributed by atoms with Crippen LogP contribution in [0.2, 0.25) is 0 Å². The summed E-state index contributed by atoms with van der Waals surface area (Å²) in [5.41, 5.74) is 1.08. The van der Waals surface area contributed by atoms with Crippen LogP contribution in [0, 0.1) is 0 Å². The number of aromatic nitrogens is 1. The zero-order valence-corrected chi connectivity index (χ0v) is 8.20. The van der Waals surface area contributed by atoms with Gasteiger partial charge in [-0.2, -0.15) is 0 Å². The lowest BCUT2D eigenvalue weighted by molar-refractivity contribution is 0.481. The van der Waals surface area contributed by atoms with Gasteiger partial charge < -0.3 is 15.0 Å². The van der Waals surface area contributed by atoms with Crippen LogP contribution < -0.4 is 5.32 Å². The van der Waals surface area contributed by atoms with E-state index in [1.807, 2.05) is 31.4 Å². The number of nitrogens with one attached hydrogen (secondary N) is 1. The Morgan fingerprint density at radius 3 is 3.00 bits per heavy atom.